The number of hydrogen-bond acceptors (Lipinski definition) is 5. The first-order chi connectivity index (χ1) is 14.0. The van der Waals surface area contributed by atoms with E-state index < -0.39 is 0 Å². The number of aromatic nitrogens is 2. The molecule has 0 unspecified atom stereocenters. The van der Waals surface area contributed by atoms with E-state index in [1.807, 2.05) is 56.3 Å². The van der Waals surface area contributed by atoms with Crippen molar-refractivity contribution in [3.63, 3.8) is 0 Å². The fraction of sp³-hybridized carbons (Fsp3) is 0.174. The molecule has 0 N–H and O–H groups in total. The van der Waals surface area contributed by atoms with E-state index in [1.165, 1.54) is 11.8 Å². The number of fused-ring (bicyclic) bond motifs is 1. The van der Waals surface area contributed by atoms with Crippen LogP contribution in [0.25, 0.3) is 10.8 Å². The summed E-state index contributed by atoms with van der Waals surface area (Å²) in [5.41, 5.74) is 3.34. The number of aryl methyl sites for hydroxylation is 2. The maximum atomic E-state index is 13.2. The largest absolute Gasteiger partial charge is 0.361 e. The van der Waals surface area contributed by atoms with Crippen LogP contribution >= 0.6 is 11.8 Å². The molecule has 4 aromatic rings. The smallest absolute Gasteiger partial charge is 0.260 e. The minimum atomic E-state index is -0.0883. The van der Waals surface area contributed by atoms with Crippen molar-refractivity contribution in [3.05, 3.63) is 83.4 Å². The standard InChI is InChI=1S/C23H21N3O2S/c1-15-21(16(2)28-25-15)14-29-22-20(9-6-12-24-22)23(27)26(3)19-11-10-17-7-4-5-8-18(17)13-19/h4-13H,14H2,1-3H3. The predicted molar refractivity (Wildman–Crippen MR) is 116 cm³/mol. The zero-order valence-corrected chi connectivity index (χ0v) is 17.4. The highest BCUT2D eigenvalue weighted by Gasteiger charge is 2.19. The summed E-state index contributed by atoms with van der Waals surface area (Å²) >= 11 is 1.52. The Balaban J connectivity index is 1.59. The number of pyridine rings is 1. The van der Waals surface area contributed by atoms with Crippen LogP contribution in [0.3, 0.4) is 0 Å². The molecule has 0 bridgehead atoms. The zero-order chi connectivity index (χ0) is 20.4. The Hall–Kier alpha value is -3.12. The van der Waals surface area contributed by atoms with Gasteiger partial charge in [0.15, 0.2) is 0 Å². The molecule has 2 aromatic carbocycles. The second kappa shape index (κ2) is 8.09. The second-order valence-electron chi connectivity index (χ2n) is 6.84. The average molecular weight is 404 g/mol. The minimum Gasteiger partial charge on any atom is -0.361 e. The molecule has 6 heteroatoms. The van der Waals surface area contributed by atoms with Crippen molar-refractivity contribution in [2.45, 2.75) is 24.6 Å². The van der Waals surface area contributed by atoms with Gasteiger partial charge in [0.25, 0.3) is 5.91 Å². The molecule has 0 aliphatic rings. The van der Waals surface area contributed by atoms with Gasteiger partial charge in [0.05, 0.1) is 11.3 Å². The van der Waals surface area contributed by atoms with Crippen LogP contribution in [0.2, 0.25) is 0 Å². The molecule has 0 atom stereocenters. The first-order valence-corrected chi connectivity index (χ1v) is 10.3. The van der Waals surface area contributed by atoms with Gasteiger partial charge in [0, 0.05) is 30.2 Å². The van der Waals surface area contributed by atoms with E-state index in [0.717, 1.165) is 33.5 Å². The Kier molecular flexibility index (Phi) is 5.36. The molecule has 2 heterocycles. The molecule has 0 spiro atoms. The molecule has 0 saturated heterocycles. The maximum absolute atomic E-state index is 13.2. The van der Waals surface area contributed by atoms with Crippen molar-refractivity contribution >= 4 is 34.1 Å². The molecule has 1 amide bonds. The topological polar surface area (TPSA) is 59.2 Å². The van der Waals surface area contributed by atoms with E-state index in [2.05, 4.69) is 16.2 Å². The van der Waals surface area contributed by atoms with Crippen molar-refractivity contribution in [2.75, 3.05) is 11.9 Å². The number of rotatable bonds is 5. The van der Waals surface area contributed by atoms with Gasteiger partial charge >= 0.3 is 0 Å². The van der Waals surface area contributed by atoms with Gasteiger partial charge in [-0.2, -0.15) is 0 Å². The number of carbonyl (C=O) groups is 1. The van der Waals surface area contributed by atoms with Crippen molar-refractivity contribution in [2.24, 2.45) is 0 Å². The van der Waals surface area contributed by atoms with Crippen LogP contribution in [-0.4, -0.2) is 23.1 Å². The number of carbonyl (C=O) groups excluding carboxylic acids is 1. The Morgan fingerprint density at radius 2 is 1.86 bits per heavy atom. The minimum absolute atomic E-state index is 0.0883. The van der Waals surface area contributed by atoms with Gasteiger partial charge in [-0.25, -0.2) is 4.98 Å². The lowest BCUT2D eigenvalue weighted by Gasteiger charge is -2.19. The van der Waals surface area contributed by atoms with Crippen LogP contribution in [0.4, 0.5) is 5.69 Å². The number of hydrogen-bond donors (Lipinski definition) is 0. The Morgan fingerprint density at radius 3 is 2.62 bits per heavy atom. The van der Waals surface area contributed by atoms with Crippen LogP contribution in [0.5, 0.6) is 0 Å². The van der Waals surface area contributed by atoms with E-state index in [0.29, 0.717) is 16.3 Å². The SMILES string of the molecule is Cc1noc(C)c1CSc1ncccc1C(=O)N(C)c1ccc2ccccc2c1. The van der Waals surface area contributed by atoms with E-state index >= 15 is 0 Å². The predicted octanol–water partition coefficient (Wildman–Crippen LogP) is 5.41. The third-order valence-electron chi connectivity index (χ3n) is 4.96. The van der Waals surface area contributed by atoms with Gasteiger partial charge in [-0.15, -0.1) is 11.8 Å². The summed E-state index contributed by atoms with van der Waals surface area (Å²) in [7, 11) is 1.79. The van der Waals surface area contributed by atoms with Gasteiger partial charge in [-0.3, -0.25) is 4.79 Å². The summed E-state index contributed by atoms with van der Waals surface area (Å²) in [6, 6.07) is 17.8. The first-order valence-electron chi connectivity index (χ1n) is 9.31. The molecule has 5 nitrogen and oxygen atoms in total. The summed E-state index contributed by atoms with van der Waals surface area (Å²) < 4.78 is 5.23. The van der Waals surface area contributed by atoms with E-state index in [4.69, 9.17) is 4.52 Å². The number of amides is 1. The molecular formula is C23H21N3O2S. The Bertz CT molecular complexity index is 1170. The molecule has 0 aliphatic carbocycles. The van der Waals surface area contributed by atoms with Crippen LogP contribution < -0.4 is 4.90 Å². The molecule has 0 radical (unpaired) electrons. The fourth-order valence-corrected chi connectivity index (χ4v) is 4.34. The Labute approximate surface area is 173 Å². The zero-order valence-electron chi connectivity index (χ0n) is 16.5. The van der Waals surface area contributed by atoms with Gasteiger partial charge < -0.3 is 9.42 Å². The molecule has 2 aromatic heterocycles. The van der Waals surface area contributed by atoms with E-state index in [9.17, 15) is 4.79 Å². The lowest BCUT2D eigenvalue weighted by molar-refractivity contribution is 0.0989. The highest BCUT2D eigenvalue weighted by molar-refractivity contribution is 7.98. The summed E-state index contributed by atoms with van der Waals surface area (Å²) in [5, 5.41) is 6.94. The average Bonchev–Trinajstić information content (AvgIpc) is 3.08. The second-order valence-corrected chi connectivity index (χ2v) is 7.81. The van der Waals surface area contributed by atoms with Crippen LogP contribution in [-0.2, 0) is 5.75 Å². The summed E-state index contributed by atoms with van der Waals surface area (Å²) in [6.45, 7) is 3.82. The quantitative estimate of drug-likeness (QED) is 0.417. The normalized spacial score (nSPS) is 11.0. The van der Waals surface area contributed by atoms with Crippen molar-refractivity contribution in [1.29, 1.82) is 0 Å². The van der Waals surface area contributed by atoms with Gasteiger partial charge in [0.2, 0.25) is 0 Å². The molecule has 0 aliphatic heterocycles. The van der Waals surface area contributed by atoms with Crippen molar-refractivity contribution in [1.82, 2.24) is 10.1 Å². The maximum Gasteiger partial charge on any atom is 0.260 e. The highest BCUT2D eigenvalue weighted by atomic mass is 32.2. The fourth-order valence-electron chi connectivity index (χ4n) is 3.20. The molecule has 0 fully saturated rings. The van der Waals surface area contributed by atoms with E-state index in [-0.39, 0.29) is 5.91 Å². The van der Waals surface area contributed by atoms with Gasteiger partial charge in [-0.1, -0.05) is 35.5 Å². The third kappa shape index (κ3) is 3.89. The Morgan fingerprint density at radius 1 is 1.07 bits per heavy atom. The van der Waals surface area contributed by atoms with Crippen molar-refractivity contribution in [3.8, 4) is 0 Å². The number of benzene rings is 2. The van der Waals surface area contributed by atoms with Crippen molar-refractivity contribution < 1.29 is 9.32 Å². The number of thioether (sulfide) groups is 1. The lowest BCUT2D eigenvalue weighted by atomic mass is 10.1. The molecular weight excluding hydrogens is 382 g/mol. The summed E-state index contributed by atoms with van der Waals surface area (Å²) in [5.74, 6) is 1.36. The number of anilines is 1. The lowest BCUT2D eigenvalue weighted by Crippen LogP contribution is -2.26. The number of nitrogens with zero attached hydrogens (tertiary/aromatic N) is 3. The molecule has 4 rings (SSSR count). The van der Waals surface area contributed by atoms with Crippen LogP contribution in [0.15, 0.2) is 70.3 Å². The molecule has 146 valence electrons. The highest BCUT2D eigenvalue weighted by Crippen LogP contribution is 2.29. The van der Waals surface area contributed by atoms with Gasteiger partial charge in [-0.05, 0) is 48.9 Å². The monoisotopic (exact) mass is 403 g/mol. The first kappa shape index (κ1) is 19.2. The summed E-state index contributed by atoms with van der Waals surface area (Å²) in [6.07, 6.45) is 1.71. The van der Waals surface area contributed by atoms with E-state index in [1.54, 1.807) is 24.2 Å². The van der Waals surface area contributed by atoms with Crippen LogP contribution in [0, 0.1) is 13.8 Å². The molecule has 0 saturated carbocycles. The van der Waals surface area contributed by atoms with Gasteiger partial charge in [0.1, 0.15) is 10.8 Å². The molecule has 29 heavy (non-hydrogen) atoms. The summed E-state index contributed by atoms with van der Waals surface area (Å²) in [4.78, 5) is 19.4. The van der Waals surface area contributed by atoms with Crippen LogP contribution in [0.1, 0.15) is 27.4 Å². The third-order valence-corrected chi connectivity index (χ3v) is 5.99.